The topological polar surface area (TPSA) is 21.3 Å². The average molecular weight is 339 g/mol. The molecular formula is C15H13BrClNO. The fourth-order valence-electron chi connectivity index (χ4n) is 2.30. The minimum absolute atomic E-state index is 0.169. The maximum absolute atomic E-state index is 5.96. The third-order valence-corrected chi connectivity index (χ3v) is 4.12. The number of fused-ring (bicyclic) bond motifs is 1. The van der Waals surface area contributed by atoms with Crippen LogP contribution in [0, 0.1) is 0 Å². The Morgan fingerprint density at radius 2 is 2.05 bits per heavy atom. The summed E-state index contributed by atoms with van der Waals surface area (Å²) in [6.07, 6.45) is 0. The van der Waals surface area contributed by atoms with Crippen molar-refractivity contribution in [3.63, 3.8) is 0 Å². The second-order valence-corrected chi connectivity index (χ2v) is 5.83. The highest BCUT2D eigenvalue weighted by atomic mass is 79.9. The van der Waals surface area contributed by atoms with Crippen LogP contribution < -0.4 is 5.32 Å². The molecule has 1 aliphatic heterocycles. The van der Waals surface area contributed by atoms with E-state index in [0.29, 0.717) is 13.2 Å². The summed E-state index contributed by atoms with van der Waals surface area (Å²) in [4.78, 5) is 0. The molecule has 1 aliphatic rings. The third kappa shape index (κ3) is 2.78. The number of hydrogen-bond acceptors (Lipinski definition) is 2. The lowest BCUT2D eigenvalue weighted by Crippen LogP contribution is -2.23. The van der Waals surface area contributed by atoms with Crippen LogP contribution in [-0.4, -0.2) is 6.61 Å². The van der Waals surface area contributed by atoms with Crippen LogP contribution in [-0.2, 0) is 11.3 Å². The van der Waals surface area contributed by atoms with Crippen LogP contribution in [0.25, 0.3) is 0 Å². The molecule has 2 aromatic rings. The maximum atomic E-state index is 5.96. The summed E-state index contributed by atoms with van der Waals surface area (Å²) >= 11 is 9.48. The first-order valence-electron chi connectivity index (χ1n) is 6.11. The van der Waals surface area contributed by atoms with Crippen molar-refractivity contribution in [1.82, 2.24) is 0 Å². The van der Waals surface area contributed by atoms with Gasteiger partial charge < -0.3 is 10.1 Å². The third-order valence-electron chi connectivity index (χ3n) is 3.23. The standard InChI is InChI=1S/C15H13BrClNO/c16-13-7-11(17)5-6-14(13)18-15-9-19-8-10-3-1-2-4-12(10)15/h1-7,15,18H,8-9H2. The van der Waals surface area contributed by atoms with E-state index >= 15 is 0 Å². The van der Waals surface area contributed by atoms with E-state index in [0.717, 1.165) is 15.2 Å². The summed E-state index contributed by atoms with van der Waals surface area (Å²) in [5, 5.41) is 4.22. The lowest BCUT2D eigenvalue weighted by Gasteiger charge is -2.27. The Morgan fingerprint density at radius 1 is 1.21 bits per heavy atom. The Kier molecular flexibility index (Phi) is 3.78. The molecule has 1 atom stereocenters. The van der Waals surface area contributed by atoms with Crippen molar-refractivity contribution in [2.45, 2.75) is 12.6 Å². The molecule has 0 aliphatic carbocycles. The van der Waals surface area contributed by atoms with Crippen molar-refractivity contribution < 1.29 is 4.74 Å². The molecule has 2 aromatic carbocycles. The van der Waals surface area contributed by atoms with Crippen LogP contribution in [0.5, 0.6) is 0 Å². The minimum atomic E-state index is 0.169. The van der Waals surface area contributed by atoms with E-state index in [1.54, 1.807) is 0 Å². The molecule has 0 radical (unpaired) electrons. The van der Waals surface area contributed by atoms with Gasteiger partial charge in [-0.25, -0.2) is 0 Å². The fraction of sp³-hybridized carbons (Fsp3) is 0.200. The van der Waals surface area contributed by atoms with E-state index in [1.165, 1.54) is 11.1 Å². The van der Waals surface area contributed by atoms with E-state index in [-0.39, 0.29) is 6.04 Å². The van der Waals surface area contributed by atoms with Crippen LogP contribution in [0.15, 0.2) is 46.9 Å². The second kappa shape index (κ2) is 5.53. The van der Waals surface area contributed by atoms with Crippen LogP contribution in [0.1, 0.15) is 17.2 Å². The average Bonchev–Trinajstić information content (AvgIpc) is 2.42. The molecule has 0 bridgehead atoms. The lowest BCUT2D eigenvalue weighted by atomic mass is 9.99. The van der Waals surface area contributed by atoms with Gasteiger partial charge in [-0.1, -0.05) is 35.9 Å². The lowest BCUT2D eigenvalue weighted by molar-refractivity contribution is 0.0970. The van der Waals surface area contributed by atoms with Gasteiger partial charge in [0, 0.05) is 15.2 Å². The Morgan fingerprint density at radius 3 is 2.89 bits per heavy atom. The van der Waals surface area contributed by atoms with Crippen LogP contribution >= 0.6 is 27.5 Å². The van der Waals surface area contributed by atoms with Crippen molar-refractivity contribution in [3.8, 4) is 0 Å². The quantitative estimate of drug-likeness (QED) is 0.850. The summed E-state index contributed by atoms with van der Waals surface area (Å²) in [6.45, 7) is 1.36. The molecule has 0 amide bonds. The smallest absolute Gasteiger partial charge is 0.0751 e. The summed E-state index contributed by atoms with van der Waals surface area (Å²) in [6, 6.07) is 14.3. The number of hydrogen-bond donors (Lipinski definition) is 1. The summed E-state index contributed by atoms with van der Waals surface area (Å²) < 4.78 is 6.60. The zero-order valence-electron chi connectivity index (χ0n) is 10.2. The number of ether oxygens (including phenoxy) is 1. The number of anilines is 1. The van der Waals surface area contributed by atoms with Crippen molar-refractivity contribution in [2.24, 2.45) is 0 Å². The zero-order chi connectivity index (χ0) is 13.2. The number of nitrogens with one attached hydrogen (secondary N) is 1. The summed E-state index contributed by atoms with van der Waals surface area (Å²) in [5.41, 5.74) is 3.57. The van der Waals surface area contributed by atoms with Gasteiger partial charge in [-0.15, -0.1) is 0 Å². The van der Waals surface area contributed by atoms with Crippen molar-refractivity contribution in [3.05, 3.63) is 63.1 Å². The molecule has 1 unspecified atom stereocenters. The van der Waals surface area contributed by atoms with Gasteiger partial charge in [-0.05, 0) is 45.3 Å². The summed E-state index contributed by atoms with van der Waals surface area (Å²) in [5.74, 6) is 0. The first-order valence-corrected chi connectivity index (χ1v) is 7.28. The summed E-state index contributed by atoms with van der Waals surface area (Å²) in [7, 11) is 0. The largest absolute Gasteiger partial charge is 0.375 e. The highest BCUT2D eigenvalue weighted by molar-refractivity contribution is 9.10. The van der Waals surface area contributed by atoms with Crippen molar-refractivity contribution >= 4 is 33.2 Å². The normalized spacial score (nSPS) is 17.9. The highest BCUT2D eigenvalue weighted by Gasteiger charge is 2.20. The zero-order valence-corrected chi connectivity index (χ0v) is 12.5. The predicted octanol–water partition coefficient (Wildman–Crippen LogP) is 4.79. The molecule has 0 saturated carbocycles. The van der Waals surface area contributed by atoms with E-state index in [1.807, 2.05) is 24.3 Å². The molecule has 4 heteroatoms. The van der Waals surface area contributed by atoms with Gasteiger partial charge in [0.2, 0.25) is 0 Å². The van der Waals surface area contributed by atoms with E-state index in [9.17, 15) is 0 Å². The number of benzene rings is 2. The van der Waals surface area contributed by atoms with Gasteiger partial charge in [0.1, 0.15) is 0 Å². The molecule has 1 heterocycles. The van der Waals surface area contributed by atoms with Crippen molar-refractivity contribution in [2.75, 3.05) is 11.9 Å². The molecule has 0 saturated heterocycles. The first kappa shape index (κ1) is 13.0. The van der Waals surface area contributed by atoms with E-state index in [2.05, 4.69) is 39.4 Å². The van der Waals surface area contributed by atoms with E-state index < -0.39 is 0 Å². The maximum Gasteiger partial charge on any atom is 0.0751 e. The van der Waals surface area contributed by atoms with Gasteiger partial charge in [0.25, 0.3) is 0 Å². The fourth-order valence-corrected chi connectivity index (χ4v) is 3.09. The molecule has 2 nitrogen and oxygen atoms in total. The molecular weight excluding hydrogens is 326 g/mol. The van der Waals surface area contributed by atoms with Gasteiger partial charge >= 0.3 is 0 Å². The van der Waals surface area contributed by atoms with Gasteiger partial charge in [0.15, 0.2) is 0 Å². The Bertz CT molecular complexity index is 602. The monoisotopic (exact) mass is 337 g/mol. The first-order chi connectivity index (χ1) is 9.24. The SMILES string of the molecule is Clc1ccc(NC2COCc3ccccc32)c(Br)c1. The van der Waals surface area contributed by atoms with Gasteiger partial charge in [0.05, 0.1) is 19.3 Å². The molecule has 1 N–H and O–H groups in total. The molecule has 0 spiro atoms. The van der Waals surface area contributed by atoms with Crippen LogP contribution in [0.3, 0.4) is 0 Å². The Hall–Kier alpha value is -1.03. The van der Waals surface area contributed by atoms with Crippen LogP contribution in [0.2, 0.25) is 5.02 Å². The van der Waals surface area contributed by atoms with E-state index in [4.69, 9.17) is 16.3 Å². The second-order valence-electron chi connectivity index (χ2n) is 4.54. The number of rotatable bonds is 2. The molecule has 3 rings (SSSR count). The van der Waals surface area contributed by atoms with Gasteiger partial charge in [-0.2, -0.15) is 0 Å². The highest BCUT2D eigenvalue weighted by Crippen LogP contribution is 2.32. The molecule has 98 valence electrons. The van der Waals surface area contributed by atoms with Crippen LogP contribution in [0.4, 0.5) is 5.69 Å². The predicted molar refractivity (Wildman–Crippen MR) is 81.6 cm³/mol. The molecule has 0 aromatic heterocycles. The molecule has 19 heavy (non-hydrogen) atoms. The molecule has 0 fully saturated rings. The Balaban J connectivity index is 1.88. The Labute approximate surface area is 125 Å². The van der Waals surface area contributed by atoms with Gasteiger partial charge in [-0.3, -0.25) is 0 Å². The number of halogens is 2. The van der Waals surface area contributed by atoms with Crippen molar-refractivity contribution in [1.29, 1.82) is 0 Å². The minimum Gasteiger partial charge on any atom is -0.375 e.